The van der Waals surface area contributed by atoms with Crippen molar-refractivity contribution in [3.63, 3.8) is 0 Å². The van der Waals surface area contributed by atoms with Gasteiger partial charge in [0.05, 0.1) is 17.5 Å². The van der Waals surface area contributed by atoms with E-state index in [4.69, 9.17) is 0 Å². The standard InChI is InChI=1S/C20H24N2O3S/c1-15-7-3-4-8-19(15)16(2)21-20(23)17-9-11-18(12-10-17)22-13-5-6-14-26(22,24)25/h3-4,7-12,16H,5-6,13-14H2,1-2H3,(H,21,23)/t16-/m1/s1. The minimum Gasteiger partial charge on any atom is -0.346 e. The highest BCUT2D eigenvalue weighted by molar-refractivity contribution is 7.92. The van der Waals surface area contributed by atoms with Crippen molar-refractivity contribution < 1.29 is 13.2 Å². The van der Waals surface area contributed by atoms with Crippen molar-refractivity contribution in [2.24, 2.45) is 0 Å². The average Bonchev–Trinajstić information content (AvgIpc) is 2.62. The van der Waals surface area contributed by atoms with Crippen LogP contribution < -0.4 is 9.62 Å². The van der Waals surface area contributed by atoms with Crippen molar-refractivity contribution in [1.82, 2.24) is 5.32 Å². The molecule has 0 aromatic heterocycles. The maximum absolute atomic E-state index is 12.5. The molecule has 1 N–H and O–H groups in total. The van der Waals surface area contributed by atoms with E-state index < -0.39 is 10.0 Å². The first kappa shape index (κ1) is 18.5. The van der Waals surface area contributed by atoms with Gasteiger partial charge in [-0.05, 0) is 62.1 Å². The number of nitrogens with one attached hydrogen (secondary N) is 1. The minimum absolute atomic E-state index is 0.106. The predicted molar refractivity (Wildman–Crippen MR) is 104 cm³/mol. The highest BCUT2D eigenvalue weighted by Gasteiger charge is 2.26. The first-order valence-electron chi connectivity index (χ1n) is 8.85. The van der Waals surface area contributed by atoms with E-state index in [0.29, 0.717) is 24.2 Å². The minimum atomic E-state index is -3.24. The number of aryl methyl sites for hydroxylation is 1. The molecule has 0 spiro atoms. The molecule has 2 aromatic rings. The Morgan fingerprint density at radius 3 is 2.42 bits per heavy atom. The molecule has 0 bridgehead atoms. The van der Waals surface area contributed by atoms with Gasteiger partial charge in [0.1, 0.15) is 0 Å². The lowest BCUT2D eigenvalue weighted by Crippen LogP contribution is -2.37. The van der Waals surface area contributed by atoms with Crippen LogP contribution in [0.4, 0.5) is 5.69 Å². The monoisotopic (exact) mass is 372 g/mol. The van der Waals surface area contributed by atoms with Crippen LogP contribution in [-0.2, 0) is 10.0 Å². The Hall–Kier alpha value is -2.34. The predicted octanol–water partition coefficient (Wildman–Crippen LogP) is 3.42. The van der Waals surface area contributed by atoms with Crippen LogP contribution in [0.1, 0.15) is 47.3 Å². The molecule has 1 saturated heterocycles. The van der Waals surface area contributed by atoms with Crippen LogP contribution in [0.5, 0.6) is 0 Å². The highest BCUT2D eigenvalue weighted by Crippen LogP contribution is 2.24. The summed E-state index contributed by atoms with van der Waals surface area (Å²) >= 11 is 0. The van der Waals surface area contributed by atoms with Crippen LogP contribution in [0.25, 0.3) is 0 Å². The van der Waals surface area contributed by atoms with Gasteiger partial charge in [0.15, 0.2) is 0 Å². The highest BCUT2D eigenvalue weighted by atomic mass is 32.2. The van der Waals surface area contributed by atoms with E-state index in [-0.39, 0.29) is 17.7 Å². The summed E-state index contributed by atoms with van der Waals surface area (Å²) in [5, 5.41) is 3.00. The first-order valence-corrected chi connectivity index (χ1v) is 10.5. The number of carbonyl (C=O) groups is 1. The molecule has 1 heterocycles. The van der Waals surface area contributed by atoms with E-state index in [9.17, 15) is 13.2 Å². The fourth-order valence-corrected chi connectivity index (χ4v) is 4.93. The molecule has 138 valence electrons. The summed E-state index contributed by atoms with van der Waals surface area (Å²) in [5.74, 6) is 0.0113. The van der Waals surface area contributed by atoms with Gasteiger partial charge in [-0.1, -0.05) is 24.3 Å². The van der Waals surface area contributed by atoms with E-state index in [0.717, 1.165) is 17.5 Å². The van der Waals surface area contributed by atoms with Gasteiger partial charge in [-0.2, -0.15) is 0 Å². The summed E-state index contributed by atoms with van der Waals surface area (Å²) in [6.07, 6.45) is 1.56. The average molecular weight is 372 g/mol. The Kier molecular flexibility index (Phi) is 5.32. The maximum Gasteiger partial charge on any atom is 0.251 e. The number of nitrogens with zero attached hydrogens (tertiary/aromatic N) is 1. The summed E-state index contributed by atoms with van der Waals surface area (Å²) < 4.78 is 25.8. The van der Waals surface area contributed by atoms with E-state index >= 15 is 0 Å². The van der Waals surface area contributed by atoms with Crippen molar-refractivity contribution in [1.29, 1.82) is 0 Å². The second kappa shape index (κ2) is 7.50. The van der Waals surface area contributed by atoms with E-state index in [2.05, 4.69) is 5.32 Å². The smallest absolute Gasteiger partial charge is 0.251 e. The largest absolute Gasteiger partial charge is 0.346 e. The number of rotatable bonds is 4. The number of hydrogen-bond acceptors (Lipinski definition) is 3. The van der Waals surface area contributed by atoms with Crippen molar-refractivity contribution in [2.75, 3.05) is 16.6 Å². The normalized spacial score (nSPS) is 17.5. The molecule has 1 aliphatic heterocycles. The molecular formula is C20H24N2O3S. The number of anilines is 1. The van der Waals surface area contributed by atoms with Gasteiger partial charge in [-0.3, -0.25) is 9.10 Å². The Bertz CT molecular complexity index is 892. The van der Waals surface area contributed by atoms with Gasteiger partial charge < -0.3 is 5.32 Å². The molecule has 2 aromatic carbocycles. The SMILES string of the molecule is Cc1ccccc1[C@@H](C)NC(=O)c1ccc(N2CCCCS2(=O)=O)cc1. The van der Waals surface area contributed by atoms with Crippen LogP contribution in [0.15, 0.2) is 48.5 Å². The van der Waals surface area contributed by atoms with Crippen molar-refractivity contribution >= 4 is 21.6 Å². The lowest BCUT2D eigenvalue weighted by Gasteiger charge is -2.28. The summed E-state index contributed by atoms with van der Waals surface area (Å²) in [4.78, 5) is 12.5. The van der Waals surface area contributed by atoms with Crippen molar-refractivity contribution in [3.8, 4) is 0 Å². The van der Waals surface area contributed by atoms with Gasteiger partial charge in [0.25, 0.3) is 5.91 Å². The summed E-state index contributed by atoms with van der Waals surface area (Å²) in [7, 11) is -3.24. The molecule has 3 rings (SSSR count). The van der Waals surface area contributed by atoms with Crippen LogP contribution in [0.3, 0.4) is 0 Å². The van der Waals surface area contributed by atoms with Crippen LogP contribution in [0, 0.1) is 6.92 Å². The van der Waals surface area contributed by atoms with Gasteiger partial charge in [-0.15, -0.1) is 0 Å². The summed E-state index contributed by atoms with van der Waals surface area (Å²) in [5.41, 5.74) is 3.35. The van der Waals surface area contributed by atoms with E-state index in [1.165, 1.54) is 4.31 Å². The molecule has 0 saturated carbocycles. The van der Waals surface area contributed by atoms with Gasteiger partial charge in [0.2, 0.25) is 10.0 Å². The Labute approximate surface area is 155 Å². The van der Waals surface area contributed by atoms with Crippen molar-refractivity contribution in [2.45, 2.75) is 32.7 Å². The second-order valence-electron chi connectivity index (χ2n) is 6.69. The Morgan fingerprint density at radius 2 is 1.77 bits per heavy atom. The second-order valence-corrected chi connectivity index (χ2v) is 8.71. The molecule has 1 atom stereocenters. The zero-order chi connectivity index (χ0) is 18.7. The quantitative estimate of drug-likeness (QED) is 0.894. The molecule has 0 aliphatic carbocycles. The summed E-state index contributed by atoms with van der Waals surface area (Å²) in [6.45, 7) is 4.47. The van der Waals surface area contributed by atoms with Gasteiger partial charge in [-0.25, -0.2) is 8.42 Å². The number of hydrogen-bond donors (Lipinski definition) is 1. The third-order valence-corrected chi connectivity index (χ3v) is 6.64. The molecule has 5 nitrogen and oxygen atoms in total. The third-order valence-electron chi connectivity index (χ3n) is 4.77. The number of sulfonamides is 1. The number of amides is 1. The van der Waals surface area contributed by atoms with Gasteiger partial charge >= 0.3 is 0 Å². The van der Waals surface area contributed by atoms with Crippen LogP contribution in [-0.4, -0.2) is 26.6 Å². The van der Waals surface area contributed by atoms with Gasteiger partial charge in [0, 0.05) is 12.1 Å². The fraction of sp³-hybridized carbons (Fsp3) is 0.350. The molecule has 1 fully saturated rings. The van der Waals surface area contributed by atoms with Crippen LogP contribution in [0.2, 0.25) is 0 Å². The number of benzene rings is 2. The molecule has 6 heteroatoms. The van der Waals surface area contributed by atoms with E-state index in [1.807, 2.05) is 38.1 Å². The Morgan fingerprint density at radius 1 is 1.08 bits per heavy atom. The molecular weight excluding hydrogens is 348 g/mol. The first-order chi connectivity index (χ1) is 12.4. The van der Waals surface area contributed by atoms with Crippen LogP contribution >= 0.6 is 0 Å². The summed E-state index contributed by atoms with van der Waals surface area (Å²) in [6, 6.07) is 14.6. The maximum atomic E-state index is 12.5. The zero-order valence-electron chi connectivity index (χ0n) is 15.1. The fourth-order valence-electron chi connectivity index (χ4n) is 3.29. The third kappa shape index (κ3) is 3.90. The molecule has 0 radical (unpaired) electrons. The van der Waals surface area contributed by atoms with Crippen molar-refractivity contribution in [3.05, 3.63) is 65.2 Å². The number of carbonyl (C=O) groups excluding carboxylic acids is 1. The molecule has 1 amide bonds. The molecule has 0 unspecified atom stereocenters. The lowest BCUT2D eigenvalue weighted by molar-refractivity contribution is 0.0940. The zero-order valence-corrected chi connectivity index (χ0v) is 15.9. The Balaban J connectivity index is 1.72. The van der Waals surface area contributed by atoms with E-state index in [1.54, 1.807) is 24.3 Å². The topological polar surface area (TPSA) is 66.5 Å². The molecule has 26 heavy (non-hydrogen) atoms. The lowest BCUT2D eigenvalue weighted by atomic mass is 10.0. The molecule has 1 aliphatic rings.